The Balaban J connectivity index is 2.70. The van der Waals surface area contributed by atoms with Crippen LogP contribution in [0.3, 0.4) is 0 Å². The summed E-state index contributed by atoms with van der Waals surface area (Å²) < 4.78 is 4.51. The molecule has 1 N–H and O–H groups in total. The fraction of sp³-hybridized carbons (Fsp3) is 0.200. The van der Waals surface area contributed by atoms with Crippen LogP contribution >= 0.6 is 0 Å². The molecule has 15 heavy (non-hydrogen) atoms. The number of rotatable bonds is 3. The average Bonchev–Trinajstić information content (AvgIpc) is 2.21. The number of hydrogen-bond donors (Lipinski definition) is 1. The largest absolute Gasteiger partial charge is 0.460 e. The van der Waals surface area contributed by atoms with E-state index in [2.05, 4.69) is 4.74 Å². The predicted octanol–water partition coefficient (Wildman–Crippen LogP) is 0.777. The van der Waals surface area contributed by atoms with Crippen molar-refractivity contribution in [1.82, 2.24) is 5.06 Å². The van der Waals surface area contributed by atoms with Gasteiger partial charge in [0, 0.05) is 12.3 Å². The number of hydroxylamine groups is 2. The Bertz CT molecular complexity index is 354. The molecule has 0 atom stereocenters. The quantitative estimate of drug-likeness (QED) is 0.422. The minimum Gasteiger partial charge on any atom is -0.460 e. The first-order valence-corrected chi connectivity index (χ1v) is 4.41. The standard InChI is InChI=1S/C10H11NO4/c1-2-15-10(13)9(12)7-8-5-3-4-6-11(8)14/h3-7,14H,2H2,1H3. The van der Waals surface area contributed by atoms with E-state index in [0.29, 0.717) is 0 Å². The number of carbonyl (C=O) groups excluding carboxylic acids is 2. The van der Waals surface area contributed by atoms with Gasteiger partial charge >= 0.3 is 5.97 Å². The summed E-state index contributed by atoms with van der Waals surface area (Å²) in [6.07, 6.45) is 7.09. The lowest BCUT2D eigenvalue weighted by Gasteiger charge is -2.14. The van der Waals surface area contributed by atoms with Crippen molar-refractivity contribution in [3.8, 4) is 0 Å². The van der Waals surface area contributed by atoms with E-state index in [1.54, 1.807) is 19.1 Å². The van der Waals surface area contributed by atoms with Crippen LogP contribution in [0.25, 0.3) is 0 Å². The van der Waals surface area contributed by atoms with Crippen LogP contribution < -0.4 is 0 Å². The fourth-order valence-corrected chi connectivity index (χ4v) is 0.958. The maximum Gasteiger partial charge on any atom is 0.379 e. The normalized spacial score (nSPS) is 16.9. The molecule has 0 saturated heterocycles. The highest BCUT2D eigenvalue weighted by Gasteiger charge is 2.14. The molecule has 0 aromatic rings. The summed E-state index contributed by atoms with van der Waals surface area (Å²) >= 11 is 0. The highest BCUT2D eigenvalue weighted by molar-refractivity contribution is 6.38. The summed E-state index contributed by atoms with van der Waals surface area (Å²) in [5.74, 6) is -1.73. The molecule has 0 spiro atoms. The van der Waals surface area contributed by atoms with Crippen molar-refractivity contribution >= 4 is 11.8 Å². The first-order chi connectivity index (χ1) is 7.15. The van der Waals surface area contributed by atoms with E-state index >= 15 is 0 Å². The van der Waals surface area contributed by atoms with Gasteiger partial charge in [-0.1, -0.05) is 6.08 Å². The van der Waals surface area contributed by atoms with Crippen LogP contribution in [-0.2, 0) is 14.3 Å². The number of allylic oxidation sites excluding steroid dienone is 3. The van der Waals surface area contributed by atoms with Crippen LogP contribution in [0.2, 0.25) is 0 Å². The van der Waals surface area contributed by atoms with E-state index in [0.717, 1.165) is 11.1 Å². The highest BCUT2D eigenvalue weighted by atomic mass is 16.5. The lowest BCUT2D eigenvalue weighted by molar-refractivity contribution is -0.151. The number of ether oxygens (including phenoxy) is 1. The van der Waals surface area contributed by atoms with Gasteiger partial charge in [0.1, 0.15) is 0 Å². The Morgan fingerprint density at radius 2 is 2.27 bits per heavy atom. The van der Waals surface area contributed by atoms with Crippen LogP contribution in [-0.4, -0.2) is 28.6 Å². The minimum absolute atomic E-state index is 0.145. The molecule has 1 heterocycles. The SMILES string of the molecule is CCOC(=O)C(=O)C=C1C=CC=CN1O. The van der Waals surface area contributed by atoms with Crippen LogP contribution in [0.5, 0.6) is 0 Å². The van der Waals surface area contributed by atoms with Crippen LogP contribution in [0.15, 0.2) is 36.2 Å². The maximum absolute atomic E-state index is 11.2. The summed E-state index contributed by atoms with van der Waals surface area (Å²) in [5.41, 5.74) is 0.218. The highest BCUT2D eigenvalue weighted by Crippen LogP contribution is 2.09. The van der Waals surface area contributed by atoms with Crippen molar-refractivity contribution in [2.75, 3.05) is 6.61 Å². The molecule has 1 rings (SSSR count). The molecule has 0 radical (unpaired) electrons. The Hall–Kier alpha value is -1.88. The van der Waals surface area contributed by atoms with Gasteiger partial charge in [-0.05, 0) is 19.1 Å². The van der Waals surface area contributed by atoms with E-state index in [1.807, 2.05) is 0 Å². The van der Waals surface area contributed by atoms with Gasteiger partial charge in [0.25, 0.3) is 5.78 Å². The number of ketones is 1. The molecule has 1 aliphatic heterocycles. The third-order valence-corrected chi connectivity index (χ3v) is 1.63. The Morgan fingerprint density at radius 1 is 1.53 bits per heavy atom. The number of esters is 1. The molecule has 0 unspecified atom stereocenters. The third-order valence-electron chi connectivity index (χ3n) is 1.63. The Morgan fingerprint density at radius 3 is 2.87 bits per heavy atom. The zero-order chi connectivity index (χ0) is 11.3. The molecule has 0 saturated carbocycles. The molecular formula is C10H11NO4. The van der Waals surface area contributed by atoms with Crippen molar-refractivity contribution < 1.29 is 19.5 Å². The first kappa shape index (κ1) is 11.2. The monoisotopic (exact) mass is 209 g/mol. The molecule has 0 aliphatic carbocycles. The van der Waals surface area contributed by atoms with Crippen molar-refractivity contribution in [3.05, 3.63) is 36.2 Å². The summed E-state index contributed by atoms with van der Waals surface area (Å²) in [5, 5.41) is 10.00. The van der Waals surface area contributed by atoms with Gasteiger partial charge in [-0.15, -0.1) is 0 Å². The maximum atomic E-state index is 11.2. The molecule has 0 aromatic heterocycles. The second kappa shape index (κ2) is 5.11. The predicted molar refractivity (Wildman–Crippen MR) is 51.6 cm³/mol. The third kappa shape index (κ3) is 3.07. The second-order valence-electron chi connectivity index (χ2n) is 2.70. The average molecular weight is 209 g/mol. The summed E-state index contributed by atoms with van der Waals surface area (Å²) in [6, 6.07) is 0. The molecular weight excluding hydrogens is 198 g/mol. The second-order valence-corrected chi connectivity index (χ2v) is 2.70. The molecule has 0 amide bonds. The van der Waals surface area contributed by atoms with E-state index in [1.165, 1.54) is 12.3 Å². The molecule has 0 bridgehead atoms. The van der Waals surface area contributed by atoms with Crippen LogP contribution in [0.4, 0.5) is 0 Å². The fourth-order valence-electron chi connectivity index (χ4n) is 0.958. The number of hydrogen-bond acceptors (Lipinski definition) is 5. The molecule has 0 fully saturated rings. The topological polar surface area (TPSA) is 66.8 Å². The molecule has 5 heteroatoms. The van der Waals surface area contributed by atoms with Crippen molar-refractivity contribution in [2.24, 2.45) is 0 Å². The zero-order valence-electron chi connectivity index (χ0n) is 8.21. The van der Waals surface area contributed by atoms with E-state index in [4.69, 9.17) is 0 Å². The van der Waals surface area contributed by atoms with Gasteiger partial charge < -0.3 is 4.74 Å². The smallest absolute Gasteiger partial charge is 0.379 e. The Kier molecular flexibility index (Phi) is 3.82. The van der Waals surface area contributed by atoms with Gasteiger partial charge in [-0.2, -0.15) is 0 Å². The van der Waals surface area contributed by atoms with Gasteiger partial charge in [0.2, 0.25) is 0 Å². The minimum atomic E-state index is -0.929. The zero-order valence-corrected chi connectivity index (χ0v) is 8.21. The summed E-state index contributed by atoms with van der Waals surface area (Å²) in [4.78, 5) is 22.2. The summed E-state index contributed by atoms with van der Waals surface area (Å²) in [6.45, 7) is 1.76. The number of carbonyl (C=O) groups is 2. The van der Waals surface area contributed by atoms with Crippen molar-refractivity contribution in [2.45, 2.75) is 6.92 Å². The first-order valence-electron chi connectivity index (χ1n) is 4.41. The molecule has 0 aromatic carbocycles. The molecule has 80 valence electrons. The van der Waals surface area contributed by atoms with Crippen molar-refractivity contribution in [3.63, 3.8) is 0 Å². The van der Waals surface area contributed by atoms with Crippen molar-refractivity contribution in [1.29, 1.82) is 0 Å². The lowest BCUT2D eigenvalue weighted by Crippen LogP contribution is -2.18. The number of nitrogens with zero attached hydrogens (tertiary/aromatic N) is 1. The van der Waals surface area contributed by atoms with E-state index < -0.39 is 11.8 Å². The lowest BCUT2D eigenvalue weighted by atomic mass is 10.2. The van der Waals surface area contributed by atoms with Gasteiger partial charge in [-0.25, -0.2) is 9.86 Å². The molecule has 5 nitrogen and oxygen atoms in total. The molecule has 1 aliphatic rings. The summed E-state index contributed by atoms with van der Waals surface area (Å²) in [7, 11) is 0. The van der Waals surface area contributed by atoms with Gasteiger partial charge in [0.15, 0.2) is 0 Å². The van der Waals surface area contributed by atoms with Gasteiger partial charge in [0.05, 0.1) is 12.3 Å². The Labute approximate surface area is 86.9 Å². The van der Waals surface area contributed by atoms with E-state index in [9.17, 15) is 14.8 Å². The van der Waals surface area contributed by atoms with Gasteiger partial charge in [-0.3, -0.25) is 10.0 Å². The van der Waals surface area contributed by atoms with Crippen LogP contribution in [0.1, 0.15) is 6.92 Å². The van der Waals surface area contributed by atoms with E-state index in [-0.39, 0.29) is 12.3 Å². The van der Waals surface area contributed by atoms with Crippen LogP contribution in [0, 0.1) is 0 Å².